The highest BCUT2D eigenvalue weighted by molar-refractivity contribution is 5.75. The smallest absolute Gasteiger partial charge is 0.410 e. The standard InChI is InChI=1S/C15H19N3O2/c1-15(2,3)20-14(19)18-8-10(9-18)13-16-11-6-4-5-7-12(11)17-13/h4-7,10H,8-9H2,1-3H3,(H,16,17). The van der Waals surface area contributed by atoms with Crippen LogP contribution in [0, 0.1) is 0 Å². The zero-order valence-corrected chi connectivity index (χ0v) is 12.0. The zero-order chi connectivity index (χ0) is 14.3. The van der Waals surface area contributed by atoms with Crippen molar-refractivity contribution in [3.05, 3.63) is 30.1 Å². The van der Waals surface area contributed by atoms with Crippen LogP contribution >= 0.6 is 0 Å². The monoisotopic (exact) mass is 273 g/mol. The number of carbonyl (C=O) groups excluding carboxylic acids is 1. The maximum Gasteiger partial charge on any atom is 0.410 e. The van der Waals surface area contributed by atoms with Gasteiger partial charge in [0, 0.05) is 13.1 Å². The Balaban J connectivity index is 1.64. The zero-order valence-electron chi connectivity index (χ0n) is 12.0. The van der Waals surface area contributed by atoms with Crippen LogP contribution in [-0.4, -0.2) is 39.7 Å². The second-order valence-electron chi connectivity index (χ2n) is 6.22. The van der Waals surface area contributed by atoms with Gasteiger partial charge in [-0.25, -0.2) is 9.78 Å². The van der Waals surface area contributed by atoms with Gasteiger partial charge in [-0.2, -0.15) is 0 Å². The summed E-state index contributed by atoms with van der Waals surface area (Å²) in [7, 11) is 0. The van der Waals surface area contributed by atoms with E-state index in [2.05, 4.69) is 9.97 Å². The van der Waals surface area contributed by atoms with Gasteiger partial charge in [0.2, 0.25) is 0 Å². The number of hydrogen-bond donors (Lipinski definition) is 1. The van der Waals surface area contributed by atoms with Crippen LogP contribution in [0.2, 0.25) is 0 Å². The highest BCUT2D eigenvalue weighted by Crippen LogP contribution is 2.28. The molecule has 0 aliphatic carbocycles. The fraction of sp³-hybridized carbons (Fsp3) is 0.467. The SMILES string of the molecule is CC(C)(C)OC(=O)N1CC(c2nc3ccccc3[nH]2)C1. The van der Waals surface area contributed by atoms with E-state index in [4.69, 9.17) is 4.74 Å². The lowest BCUT2D eigenvalue weighted by atomic mass is 10.0. The van der Waals surface area contributed by atoms with E-state index in [-0.39, 0.29) is 12.0 Å². The molecule has 5 nitrogen and oxygen atoms in total. The van der Waals surface area contributed by atoms with Crippen molar-refractivity contribution in [1.29, 1.82) is 0 Å². The molecular weight excluding hydrogens is 254 g/mol. The number of aromatic amines is 1. The van der Waals surface area contributed by atoms with E-state index in [1.807, 2.05) is 45.0 Å². The molecular formula is C15H19N3O2. The van der Waals surface area contributed by atoms with Crippen molar-refractivity contribution in [3.8, 4) is 0 Å². The summed E-state index contributed by atoms with van der Waals surface area (Å²) in [6, 6.07) is 7.95. The number of hydrogen-bond acceptors (Lipinski definition) is 3. The number of nitrogens with one attached hydrogen (secondary N) is 1. The molecule has 20 heavy (non-hydrogen) atoms. The molecule has 1 fully saturated rings. The Morgan fingerprint density at radius 3 is 2.70 bits per heavy atom. The summed E-state index contributed by atoms with van der Waals surface area (Å²) in [4.78, 5) is 21.5. The summed E-state index contributed by atoms with van der Waals surface area (Å²) in [5.74, 6) is 1.22. The molecule has 0 unspecified atom stereocenters. The minimum atomic E-state index is -0.443. The predicted octanol–water partition coefficient (Wildman–Crippen LogP) is 2.90. The van der Waals surface area contributed by atoms with E-state index in [0.717, 1.165) is 16.9 Å². The first kappa shape index (κ1) is 13.0. The van der Waals surface area contributed by atoms with Crippen molar-refractivity contribution in [2.75, 3.05) is 13.1 Å². The number of likely N-dealkylation sites (tertiary alicyclic amines) is 1. The molecule has 1 aliphatic rings. The van der Waals surface area contributed by atoms with Crippen molar-refractivity contribution in [1.82, 2.24) is 14.9 Å². The molecule has 106 valence electrons. The largest absolute Gasteiger partial charge is 0.444 e. The molecule has 0 spiro atoms. The van der Waals surface area contributed by atoms with Gasteiger partial charge in [0.05, 0.1) is 17.0 Å². The van der Waals surface area contributed by atoms with Crippen LogP contribution in [0.1, 0.15) is 32.5 Å². The molecule has 1 saturated heterocycles. The first-order chi connectivity index (χ1) is 9.42. The van der Waals surface area contributed by atoms with Crippen LogP contribution in [-0.2, 0) is 4.74 Å². The molecule has 1 aliphatic heterocycles. The van der Waals surface area contributed by atoms with E-state index < -0.39 is 5.60 Å². The summed E-state index contributed by atoms with van der Waals surface area (Å²) in [6.45, 7) is 6.95. The third-order valence-electron chi connectivity index (χ3n) is 3.33. The number of rotatable bonds is 1. The number of imidazole rings is 1. The lowest BCUT2D eigenvalue weighted by Gasteiger charge is -2.38. The number of carbonyl (C=O) groups is 1. The van der Waals surface area contributed by atoms with Gasteiger partial charge >= 0.3 is 6.09 Å². The topological polar surface area (TPSA) is 58.2 Å². The van der Waals surface area contributed by atoms with Crippen LogP contribution in [0.4, 0.5) is 4.79 Å². The van der Waals surface area contributed by atoms with Crippen LogP contribution in [0.3, 0.4) is 0 Å². The van der Waals surface area contributed by atoms with Gasteiger partial charge in [0.25, 0.3) is 0 Å². The first-order valence-electron chi connectivity index (χ1n) is 6.85. The Hall–Kier alpha value is -2.04. The third-order valence-corrected chi connectivity index (χ3v) is 3.33. The highest BCUT2D eigenvalue weighted by atomic mass is 16.6. The average Bonchev–Trinajstić information content (AvgIpc) is 2.67. The van der Waals surface area contributed by atoms with Gasteiger partial charge in [-0.05, 0) is 32.9 Å². The summed E-state index contributed by atoms with van der Waals surface area (Å²) in [5.41, 5.74) is 1.57. The van der Waals surface area contributed by atoms with E-state index >= 15 is 0 Å². The molecule has 2 aromatic rings. The number of fused-ring (bicyclic) bond motifs is 1. The van der Waals surface area contributed by atoms with Gasteiger partial charge in [-0.1, -0.05) is 12.1 Å². The van der Waals surface area contributed by atoms with Crippen molar-refractivity contribution in [2.24, 2.45) is 0 Å². The second-order valence-corrected chi connectivity index (χ2v) is 6.22. The van der Waals surface area contributed by atoms with Crippen molar-refractivity contribution >= 4 is 17.1 Å². The first-order valence-corrected chi connectivity index (χ1v) is 6.85. The van der Waals surface area contributed by atoms with Crippen LogP contribution in [0.5, 0.6) is 0 Å². The molecule has 1 aromatic carbocycles. The second kappa shape index (κ2) is 4.51. The van der Waals surface area contributed by atoms with E-state index in [0.29, 0.717) is 13.1 Å². The van der Waals surface area contributed by atoms with Gasteiger partial charge in [-0.3, -0.25) is 0 Å². The molecule has 1 aromatic heterocycles. The number of para-hydroxylation sites is 2. The number of nitrogens with zero attached hydrogens (tertiary/aromatic N) is 2. The molecule has 5 heteroatoms. The predicted molar refractivity (Wildman–Crippen MR) is 76.6 cm³/mol. The molecule has 1 N–H and O–H groups in total. The number of H-pyrrole nitrogens is 1. The Morgan fingerprint density at radius 2 is 2.05 bits per heavy atom. The number of benzene rings is 1. The lowest BCUT2D eigenvalue weighted by molar-refractivity contribution is 0.00761. The van der Waals surface area contributed by atoms with Gasteiger partial charge in [0.15, 0.2) is 0 Å². The molecule has 2 heterocycles. The van der Waals surface area contributed by atoms with Crippen molar-refractivity contribution < 1.29 is 9.53 Å². The number of amides is 1. The molecule has 0 bridgehead atoms. The van der Waals surface area contributed by atoms with Gasteiger partial charge in [-0.15, -0.1) is 0 Å². The maximum atomic E-state index is 11.9. The fourth-order valence-corrected chi connectivity index (χ4v) is 2.29. The number of ether oxygens (including phenoxy) is 1. The Kier molecular flexibility index (Phi) is 2.92. The summed E-state index contributed by atoms with van der Waals surface area (Å²) in [5, 5.41) is 0. The maximum absolute atomic E-state index is 11.9. The third kappa shape index (κ3) is 2.48. The molecule has 1 amide bonds. The minimum absolute atomic E-state index is 0.245. The summed E-state index contributed by atoms with van der Waals surface area (Å²) >= 11 is 0. The quantitative estimate of drug-likeness (QED) is 0.869. The molecule has 0 atom stereocenters. The van der Waals surface area contributed by atoms with Gasteiger partial charge < -0.3 is 14.6 Å². The van der Waals surface area contributed by atoms with E-state index in [1.54, 1.807) is 4.90 Å². The lowest BCUT2D eigenvalue weighted by Crippen LogP contribution is -2.50. The Bertz CT molecular complexity index is 603. The number of aromatic nitrogens is 2. The van der Waals surface area contributed by atoms with Crippen LogP contribution in [0.25, 0.3) is 11.0 Å². The fourth-order valence-electron chi connectivity index (χ4n) is 2.29. The van der Waals surface area contributed by atoms with Crippen LogP contribution in [0.15, 0.2) is 24.3 Å². The average molecular weight is 273 g/mol. The van der Waals surface area contributed by atoms with Crippen molar-refractivity contribution in [2.45, 2.75) is 32.3 Å². The molecule has 3 rings (SSSR count). The Morgan fingerprint density at radius 1 is 1.35 bits per heavy atom. The Labute approximate surface area is 117 Å². The summed E-state index contributed by atoms with van der Waals surface area (Å²) < 4.78 is 5.34. The van der Waals surface area contributed by atoms with E-state index in [9.17, 15) is 4.79 Å². The van der Waals surface area contributed by atoms with E-state index in [1.165, 1.54) is 0 Å². The van der Waals surface area contributed by atoms with Gasteiger partial charge in [0.1, 0.15) is 11.4 Å². The minimum Gasteiger partial charge on any atom is -0.444 e. The normalized spacial score (nSPS) is 16.2. The highest BCUT2D eigenvalue weighted by Gasteiger charge is 2.36. The van der Waals surface area contributed by atoms with Crippen LogP contribution < -0.4 is 0 Å². The molecule has 0 radical (unpaired) electrons. The van der Waals surface area contributed by atoms with Crippen molar-refractivity contribution in [3.63, 3.8) is 0 Å². The summed E-state index contributed by atoms with van der Waals surface area (Å²) in [6.07, 6.45) is -0.245. The molecule has 0 saturated carbocycles.